The van der Waals surface area contributed by atoms with Crippen LogP contribution in [0.2, 0.25) is 0 Å². The van der Waals surface area contributed by atoms with Crippen LogP contribution in [0.1, 0.15) is 24.5 Å². The highest BCUT2D eigenvalue weighted by atomic mass is 16.5. The van der Waals surface area contributed by atoms with Gasteiger partial charge in [-0.25, -0.2) is 4.79 Å². The van der Waals surface area contributed by atoms with Gasteiger partial charge in [-0.15, -0.1) is 0 Å². The Morgan fingerprint density at radius 1 is 1.13 bits per heavy atom. The number of carboxylic acid groups (broad SMARTS) is 1. The molecule has 2 aliphatic rings. The summed E-state index contributed by atoms with van der Waals surface area (Å²) in [5.74, 6) is -1.33. The van der Waals surface area contributed by atoms with Crippen LogP contribution in [0, 0.1) is 5.92 Å². The van der Waals surface area contributed by atoms with Crippen molar-refractivity contribution in [3.63, 3.8) is 0 Å². The molecule has 0 aliphatic carbocycles. The van der Waals surface area contributed by atoms with Crippen LogP contribution < -0.4 is 0 Å². The minimum absolute atomic E-state index is 0.0342. The summed E-state index contributed by atoms with van der Waals surface area (Å²) in [5.41, 5.74) is 0.994. The summed E-state index contributed by atoms with van der Waals surface area (Å²) in [7, 11) is 0. The van der Waals surface area contributed by atoms with Crippen molar-refractivity contribution in [3.8, 4) is 0 Å². The maximum Gasteiger partial charge on any atom is 0.334 e. The predicted octanol–water partition coefficient (Wildman–Crippen LogP) is 1.47. The first-order valence-corrected chi connectivity index (χ1v) is 7.96. The van der Waals surface area contributed by atoms with Crippen LogP contribution in [0.15, 0.2) is 30.3 Å². The molecule has 2 fully saturated rings. The normalized spacial score (nSPS) is 28.3. The maximum absolute atomic E-state index is 12.9. The van der Waals surface area contributed by atoms with Crippen LogP contribution >= 0.6 is 0 Å². The van der Waals surface area contributed by atoms with Crippen LogP contribution in [0.25, 0.3) is 0 Å². The van der Waals surface area contributed by atoms with E-state index in [2.05, 4.69) is 0 Å². The Bertz CT molecular complexity index is 561. The third-order valence-corrected chi connectivity index (χ3v) is 4.42. The first-order valence-electron chi connectivity index (χ1n) is 7.96. The summed E-state index contributed by atoms with van der Waals surface area (Å²) in [6, 6.07) is 9.74. The third-order valence-electron chi connectivity index (χ3n) is 4.42. The van der Waals surface area contributed by atoms with Crippen LogP contribution in [0.5, 0.6) is 0 Å². The molecule has 0 bridgehead atoms. The zero-order chi connectivity index (χ0) is 16.2. The number of carbonyl (C=O) groups is 2. The van der Waals surface area contributed by atoms with Crippen molar-refractivity contribution in [2.45, 2.75) is 25.0 Å². The van der Waals surface area contributed by atoms with Crippen LogP contribution in [0.3, 0.4) is 0 Å². The number of ether oxygens (including phenoxy) is 2. The predicted molar refractivity (Wildman–Crippen MR) is 81.8 cm³/mol. The lowest BCUT2D eigenvalue weighted by Crippen LogP contribution is -2.51. The first kappa shape index (κ1) is 16.0. The van der Waals surface area contributed by atoms with Gasteiger partial charge in [-0.2, -0.15) is 0 Å². The number of aliphatic carboxylic acids is 1. The molecule has 1 aromatic rings. The number of rotatable bonds is 3. The van der Waals surface area contributed by atoms with Gasteiger partial charge in [-0.05, 0) is 18.4 Å². The van der Waals surface area contributed by atoms with Gasteiger partial charge in [0.1, 0.15) is 0 Å². The minimum Gasteiger partial charge on any atom is -0.479 e. The molecular formula is C17H21NO5. The SMILES string of the molecule is O=C(O)[C@@H]1CN(C(=O)[C@H]2CCCO[C@H]2c2ccccc2)CCO1. The molecule has 2 heterocycles. The molecule has 1 N–H and O–H groups in total. The molecule has 124 valence electrons. The van der Waals surface area contributed by atoms with E-state index < -0.39 is 12.1 Å². The van der Waals surface area contributed by atoms with Crippen molar-refractivity contribution in [1.82, 2.24) is 4.90 Å². The van der Waals surface area contributed by atoms with Gasteiger partial charge in [0.15, 0.2) is 6.10 Å². The molecule has 2 aliphatic heterocycles. The zero-order valence-corrected chi connectivity index (χ0v) is 12.9. The summed E-state index contributed by atoms with van der Waals surface area (Å²) in [6.07, 6.45) is 0.399. The summed E-state index contributed by atoms with van der Waals surface area (Å²) >= 11 is 0. The van der Waals surface area contributed by atoms with Crippen molar-refractivity contribution in [2.24, 2.45) is 5.92 Å². The molecule has 3 atom stereocenters. The van der Waals surface area contributed by atoms with Gasteiger partial charge in [-0.1, -0.05) is 30.3 Å². The van der Waals surface area contributed by atoms with Crippen molar-refractivity contribution in [1.29, 1.82) is 0 Å². The fourth-order valence-corrected chi connectivity index (χ4v) is 3.24. The Hall–Kier alpha value is -1.92. The lowest BCUT2D eigenvalue weighted by molar-refractivity contribution is -0.163. The van der Waals surface area contributed by atoms with E-state index in [1.165, 1.54) is 0 Å². The molecule has 6 heteroatoms. The third kappa shape index (κ3) is 3.54. The van der Waals surface area contributed by atoms with Crippen LogP contribution in [-0.4, -0.2) is 54.3 Å². The largest absolute Gasteiger partial charge is 0.479 e. The topological polar surface area (TPSA) is 76.1 Å². The van der Waals surface area contributed by atoms with Gasteiger partial charge < -0.3 is 19.5 Å². The highest BCUT2D eigenvalue weighted by molar-refractivity contribution is 5.81. The first-order chi connectivity index (χ1) is 11.2. The molecule has 0 saturated carbocycles. The van der Waals surface area contributed by atoms with Gasteiger partial charge in [0.05, 0.1) is 25.2 Å². The van der Waals surface area contributed by atoms with Crippen molar-refractivity contribution in [2.75, 3.05) is 26.3 Å². The number of amides is 1. The average Bonchev–Trinajstić information content (AvgIpc) is 2.62. The maximum atomic E-state index is 12.9. The number of hydrogen-bond donors (Lipinski definition) is 1. The number of hydrogen-bond acceptors (Lipinski definition) is 4. The second-order valence-corrected chi connectivity index (χ2v) is 5.93. The van der Waals surface area contributed by atoms with Gasteiger partial charge >= 0.3 is 5.97 Å². The quantitative estimate of drug-likeness (QED) is 0.913. The standard InChI is InChI=1S/C17H21NO5/c19-16(18-8-10-22-14(11-18)17(20)21)13-7-4-9-23-15(13)12-5-2-1-3-6-12/h1-3,5-6,13-15H,4,7-11H2,(H,20,21)/t13-,14-,15-/m0/s1. The molecule has 3 rings (SSSR count). The molecule has 1 aromatic carbocycles. The Balaban J connectivity index is 1.75. The average molecular weight is 319 g/mol. The second-order valence-electron chi connectivity index (χ2n) is 5.93. The number of nitrogens with zero attached hydrogens (tertiary/aromatic N) is 1. The number of benzene rings is 1. The summed E-state index contributed by atoms with van der Waals surface area (Å²) in [5, 5.41) is 9.09. The van der Waals surface area contributed by atoms with Gasteiger partial charge in [0.25, 0.3) is 0 Å². The minimum atomic E-state index is -1.03. The monoisotopic (exact) mass is 319 g/mol. The Kier molecular flexibility index (Phi) is 4.93. The zero-order valence-electron chi connectivity index (χ0n) is 12.9. The molecule has 0 unspecified atom stereocenters. The van der Waals surface area contributed by atoms with Crippen LogP contribution in [-0.2, 0) is 19.1 Å². The molecule has 0 spiro atoms. The fraction of sp³-hybridized carbons (Fsp3) is 0.529. The Morgan fingerprint density at radius 2 is 1.91 bits per heavy atom. The van der Waals surface area contributed by atoms with Crippen molar-refractivity contribution < 1.29 is 24.2 Å². The van der Waals surface area contributed by atoms with E-state index in [0.29, 0.717) is 13.2 Å². The number of carboxylic acids is 1. The number of morpholine rings is 1. The summed E-state index contributed by atoms with van der Waals surface area (Å²) in [6.45, 7) is 1.43. The molecule has 23 heavy (non-hydrogen) atoms. The fourth-order valence-electron chi connectivity index (χ4n) is 3.24. The summed E-state index contributed by atoms with van der Waals surface area (Å²) in [4.78, 5) is 25.6. The van der Waals surface area contributed by atoms with Gasteiger partial charge in [0.2, 0.25) is 5.91 Å². The van der Waals surface area contributed by atoms with E-state index in [1.54, 1.807) is 4.90 Å². The molecule has 1 amide bonds. The van der Waals surface area contributed by atoms with Gasteiger partial charge in [0, 0.05) is 13.2 Å². The van der Waals surface area contributed by atoms with E-state index in [0.717, 1.165) is 18.4 Å². The molecular weight excluding hydrogens is 298 g/mol. The van der Waals surface area contributed by atoms with Gasteiger partial charge in [-0.3, -0.25) is 4.79 Å². The molecule has 6 nitrogen and oxygen atoms in total. The van der Waals surface area contributed by atoms with Crippen molar-refractivity contribution >= 4 is 11.9 Å². The number of carbonyl (C=O) groups excluding carboxylic acids is 1. The summed E-state index contributed by atoms with van der Waals surface area (Å²) < 4.78 is 11.1. The van der Waals surface area contributed by atoms with Crippen LogP contribution in [0.4, 0.5) is 0 Å². The molecule has 0 radical (unpaired) electrons. The smallest absolute Gasteiger partial charge is 0.334 e. The lowest BCUT2D eigenvalue weighted by atomic mass is 9.88. The van der Waals surface area contributed by atoms with E-state index in [-0.39, 0.29) is 31.1 Å². The lowest BCUT2D eigenvalue weighted by Gasteiger charge is -2.37. The highest BCUT2D eigenvalue weighted by Crippen LogP contribution is 2.35. The molecule has 2 saturated heterocycles. The van der Waals surface area contributed by atoms with E-state index in [1.807, 2.05) is 30.3 Å². The van der Waals surface area contributed by atoms with E-state index in [9.17, 15) is 9.59 Å². The van der Waals surface area contributed by atoms with Crippen molar-refractivity contribution in [3.05, 3.63) is 35.9 Å². The highest BCUT2D eigenvalue weighted by Gasteiger charge is 2.38. The van der Waals surface area contributed by atoms with E-state index >= 15 is 0 Å². The Labute approximate surface area is 135 Å². The Morgan fingerprint density at radius 3 is 2.65 bits per heavy atom. The second kappa shape index (κ2) is 7.10. The van der Waals surface area contributed by atoms with E-state index in [4.69, 9.17) is 14.6 Å². The molecule has 0 aromatic heterocycles.